The van der Waals surface area contributed by atoms with E-state index in [-0.39, 0.29) is 49.1 Å². The molecule has 2 amide bonds. The lowest BCUT2D eigenvalue weighted by atomic mass is 10.0. The van der Waals surface area contributed by atoms with Gasteiger partial charge in [-0.2, -0.15) is 0 Å². The SMILES string of the molecule is CC(C)(O)CN1CCN(C(=O)CCC(=O)c2ccc(Cl)cc2)CC1.O=C(CCC(=O)N1CCN(C2CCOCC2)CC1)c1ccc(Cl)cc1. The molecule has 0 aliphatic carbocycles. The summed E-state index contributed by atoms with van der Waals surface area (Å²) in [6, 6.07) is 14.1. The third kappa shape index (κ3) is 13.1. The first-order valence-electron chi connectivity index (χ1n) is 17.3. The van der Waals surface area contributed by atoms with Gasteiger partial charge in [0.15, 0.2) is 11.6 Å². The van der Waals surface area contributed by atoms with Gasteiger partial charge in [-0.1, -0.05) is 23.2 Å². The van der Waals surface area contributed by atoms with Crippen LogP contribution in [0.2, 0.25) is 10.0 Å². The molecule has 0 radical (unpaired) electrons. The van der Waals surface area contributed by atoms with Crippen LogP contribution in [0.4, 0.5) is 0 Å². The zero-order chi connectivity index (χ0) is 35.4. The molecule has 0 spiro atoms. The van der Waals surface area contributed by atoms with Crippen molar-refractivity contribution in [2.75, 3.05) is 72.1 Å². The van der Waals surface area contributed by atoms with E-state index in [1.54, 1.807) is 67.3 Å². The highest BCUT2D eigenvalue weighted by molar-refractivity contribution is 6.31. The van der Waals surface area contributed by atoms with E-state index in [1.165, 1.54) is 0 Å². The normalized spacial score (nSPS) is 18.1. The molecule has 268 valence electrons. The first-order chi connectivity index (χ1) is 23.4. The Labute approximate surface area is 300 Å². The first-order valence-corrected chi connectivity index (χ1v) is 18.0. The number of hydrogen-bond acceptors (Lipinski definition) is 8. The van der Waals surface area contributed by atoms with E-state index in [0.29, 0.717) is 46.8 Å². The Kier molecular flexibility index (Phi) is 15.1. The van der Waals surface area contributed by atoms with E-state index in [2.05, 4.69) is 9.80 Å². The summed E-state index contributed by atoms with van der Waals surface area (Å²) in [6.45, 7) is 12.0. The summed E-state index contributed by atoms with van der Waals surface area (Å²) < 4.78 is 5.42. The fraction of sp³-hybridized carbons (Fsp3) is 0.568. The molecule has 3 saturated heterocycles. The molecule has 0 aromatic heterocycles. The minimum atomic E-state index is -0.725. The number of amides is 2. The second-order valence-electron chi connectivity index (χ2n) is 13.6. The highest BCUT2D eigenvalue weighted by atomic mass is 35.5. The van der Waals surface area contributed by atoms with Crippen LogP contribution in [0.15, 0.2) is 48.5 Å². The van der Waals surface area contributed by atoms with Gasteiger partial charge in [0.25, 0.3) is 0 Å². The molecule has 3 heterocycles. The Bertz CT molecular complexity index is 1380. The Morgan fingerprint density at radius 2 is 1.08 bits per heavy atom. The van der Waals surface area contributed by atoms with Crippen LogP contribution in [0.25, 0.3) is 0 Å². The van der Waals surface area contributed by atoms with E-state index in [1.807, 2.05) is 4.90 Å². The van der Waals surface area contributed by atoms with E-state index < -0.39 is 5.60 Å². The van der Waals surface area contributed by atoms with Gasteiger partial charge in [-0.05, 0) is 75.2 Å². The average molecular weight is 718 g/mol. The molecule has 0 atom stereocenters. The maximum absolute atomic E-state index is 12.4. The molecule has 10 nitrogen and oxygen atoms in total. The fourth-order valence-electron chi connectivity index (χ4n) is 6.41. The van der Waals surface area contributed by atoms with Crippen molar-refractivity contribution in [2.24, 2.45) is 0 Å². The smallest absolute Gasteiger partial charge is 0.223 e. The van der Waals surface area contributed by atoms with Gasteiger partial charge in [-0.25, -0.2) is 0 Å². The lowest BCUT2D eigenvalue weighted by molar-refractivity contribution is -0.134. The number of piperazine rings is 2. The van der Waals surface area contributed by atoms with Crippen LogP contribution in [0.3, 0.4) is 0 Å². The third-order valence-electron chi connectivity index (χ3n) is 9.17. The first kappa shape index (κ1) is 38.9. The van der Waals surface area contributed by atoms with Crippen molar-refractivity contribution in [3.63, 3.8) is 0 Å². The minimum Gasteiger partial charge on any atom is -0.389 e. The summed E-state index contributed by atoms with van der Waals surface area (Å²) in [4.78, 5) is 57.2. The van der Waals surface area contributed by atoms with Crippen molar-refractivity contribution in [3.8, 4) is 0 Å². The Morgan fingerprint density at radius 1 is 0.673 bits per heavy atom. The zero-order valence-electron chi connectivity index (χ0n) is 28.8. The number of ketones is 2. The number of β-amino-alcohol motifs (C(OH)–C–C–N with tert-alkyl or cyclic N) is 1. The maximum atomic E-state index is 12.4. The number of ether oxygens (including phenoxy) is 1. The minimum absolute atomic E-state index is 0.00846. The standard InChI is InChI=1S/C19H25ClN2O3.C18H25ClN2O3/c20-16-3-1-15(2-4-16)18(23)5-6-19(24)22-11-9-21(10-12-22)17-7-13-25-14-8-17;1-18(2,24)13-20-9-11-21(12-10-20)17(23)8-7-16(22)14-3-5-15(19)6-4-14/h1-4,17H,5-14H2;3-6,24H,7-13H2,1-2H3. The second-order valence-corrected chi connectivity index (χ2v) is 14.5. The predicted molar refractivity (Wildman–Crippen MR) is 191 cm³/mol. The van der Waals surface area contributed by atoms with Crippen LogP contribution in [-0.2, 0) is 14.3 Å². The lowest BCUT2D eigenvalue weighted by Gasteiger charge is -2.40. The van der Waals surface area contributed by atoms with E-state index in [0.717, 1.165) is 65.3 Å². The summed E-state index contributed by atoms with van der Waals surface area (Å²) in [7, 11) is 0. The summed E-state index contributed by atoms with van der Waals surface area (Å²) >= 11 is 11.6. The molecule has 3 aliphatic heterocycles. The number of rotatable bonds is 11. The van der Waals surface area contributed by atoms with Crippen molar-refractivity contribution in [3.05, 3.63) is 69.7 Å². The molecular formula is C37H50Cl2N4O6. The van der Waals surface area contributed by atoms with Crippen LogP contribution in [0.1, 0.15) is 73.1 Å². The van der Waals surface area contributed by atoms with Crippen LogP contribution in [0.5, 0.6) is 0 Å². The number of hydrogen-bond donors (Lipinski definition) is 1. The molecule has 5 rings (SSSR count). The Hall–Kier alpha value is -2.86. The molecule has 0 saturated carbocycles. The zero-order valence-corrected chi connectivity index (χ0v) is 30.3. The monoisotopic (exact) mass is 716 g/mol. The summed E-state index contributed by atoms with van der Waals surface area (Å²) in [5.74, 6) is 0.0423. The molecule has 49 heavy (non-hydrogen) atoms. The molecule has 12 heteroatoms. The van der Waals surface area contributed by atoms with Crippen LogP contribution in [0, 0.1) is 0 Å². The van der Waals surface area contributed by atoms with Gasteiger partial charge in [0.05, 0.1) is 5.60 Å². The summed E-state index contributed by atoms with van der Waals surface area (Å²) in [5.41, 5.74) is 0.473. The van der Waals surface area contributed by atoms with Crippen molar-refractivity contribution in [1.29, 1.82) is 0 Å². The fourth-order valence-corrected chi connectivity index (χ4v) is 6.66. The van der Waals surface area contributed by atoms with E-state index >= 15 is 0 Å². The molecule has 0 bridgehead atoms. The average Bonchev–Trinajstić information content (AvgIpc) is 3.10. The Balaban J connectivity index is 0.000000221. The molecule has 2 aromatic carbocycles. The van der Waals surface area contributed by atoms with Crippen molar-refractivity contribution >= 4 is 46.6 Å². The Morgan fingerprint density at radius 3 is 1.49 bits per heavy atom. The van der Waals surface area contributed by atoms with Crippen LogP contribution >= 0.6 is 23.2 Å². The van der Waals surface area contributed by atoms with Gasteiger partial charge in [0.1, 0.15) is 0 Å². The maximum Gasteiger partial charge on any atom is 0.223 e. The number of carbonyl (C=O) groups excluding carboxylic acids is 4. The second kappa shape index (κ2) is 18.9. The largest absolute Gasteiger partial charge is 0.389 e. The van der Waals surface area contributed by atoms with Gasteiger partial charge in [-0.3, -0.25) is 29.0 Å². The number of halogens is 2. The lowest BCUT2D eigenvalue weighted by Crippen LogP contribution is -2.53. The highest BCUT2D eigenvalue weighted by Crippen LogP contribution is 2.18. The van der Waals surface area contributed by atoms with Gasteiger partial charge < -0.3 is 19.6 Å². The van der Waals surface area contributed by atoms with E-state index in [4.69, 9.17) is 27.9 Å². The third-order valence-corrected chi connectivity index (χ3v) is 9.68. The number of nitrogens with zero attached hydrogens (tertiary/aromatic N) is 4. The van der Waals surface area contributed by atoms with Crippen LogP contribution in [-0.4, -0.2) is 132 Å². The molecule has 2 aromatic rings. The van der Waals surface area contributed by atoms with E-state index in [9.17, 15) is 24.3 Å². The highest BCUT2D eigenvalue weighted by Gasteiger charge is 2.28. The van der Waals surface area contributed by atoms with Crippen LogP contribution < -0.4 is 0 Å². The molecular weight excluding hydrogens is 667 g/mol. The van der Waals surface area contributed by atoms with Gasteiger partial charge in [0, 0.05) is 125 Å². The molecule has 3 fully saturated rings. The van der Waals surface area contributed by atoms with Gasteiger partial charge in [-0.15, -0.1) is 0 Å². The number of benzene rings is 2. The van der Waals surface area contributed by atoms with Crippen molar-refractivity contribution in [2.45, 2.75) is 64.0 Å². The number of Topliss-reactive ketones (excluding diaryl/α,β-unsaturated/α-hetero) is 2. The quantitative estimate of drug-likeness (QED) is 0.329. The molecule has 3 aliphatic rings. The molecule has 0 unspecified atom stereocenters. The number of aliphatic hydroxyl groups is 1. The summed E-state index contributed by atoms with van der Waals surface area (Å²) in [6.07, 6.45) is 3.14. The number of carbonyl (C=O) groups is 4. The van der Waals surface area contributed by atoms with Gasteiger partial charge >= 0.3 is 0 Å². The van der Waals surface area contributed by atoms with Crippen molar-refractivity contribution in [1.82, 2.24) is 19.6 Å². The predicted octanol–water partition coefficient (Wildman–Crippen LogP) is 4.84. The van der Waals surface area contributed by atoms with Crippen molar-refractivity contribution < 1.29 is 29.0 Å². The van der Waals surface area contributed by atoms with Gasteiger partial charge in [0.2, 0.25) is 11.8 Å². The topological polar surface area (TPSA) is 111 Å². The summed E-state index contributed by atoms with van der Waals surface area (Å²) in [5, 5.41) is 11.0. The molecule has 1 N–H and O–H groups in total.